The Morgan fingerprint density at radius 1 is 0.938 bits per heavy atom. The molecule has 6 heteroatoms. The van der Waals surface area contributed by atoms with Gasteiger partial charge in [0, 0.05) is 11.3 Å². The predicted molar refractivity (Wildman–Crippen MR) is 124 cm³/mol. The molecule has 6 nitrogen and oxygen atoms in total. The van der Waals surface area contributed by atoms with E-state index in [0.29, 0.717) is 28.5 Å². The highest BCUT2D eigenvalue weighted by molar-refractivity contribution is 5.98. The van der Waals surface area contributed by atoms with Crippen LogP contribution in [0.2, 0.25) is 0 Å². The van der Waals surface area contributed by atoms with E-state index in [-0.39, 0.29) is 12.5 Å². The summed E-state index contributed by atoms with van der Waals surface area (Å²) in [4.78, 5) is 13.2. The maximum absolute atomic E-state index is 13.2. The minimum absolute atomic E-state index is 0.00143. The average Bonchev–Trinajstić information content (AvgIpc) is 2.84. The fraction of sp³-hybridized carbons (Fsp3) is 0.192. The van der Waals surface area contributed by atoms with E-state index in [9.17, 15) is 4.79 Å². The Hall–Kier alpha value is -3.95. The van der Waals surface area contributed by atoms with E-state index in [1.165, 1.54) is 0 Å². The molecule has 3 aromatic carbocycles. The zero-order valence-corrected chi connectivity index (χ0v) is 18.3. The quantitative estimate of drug-likeness (QED) is 0.497. The molecule has 0 fully saturated rings. The Morgan fingerprint density at radius 3 is 2.31 bits per heavy atom. The first kappa shape index (κ1) is 22.7. The van der Waals surface area contributed by atoms with Crippen LogP contribution < -0.4 is 19.5 Å². The second-order valence-corrected chi connectivity index (χ2v) is 6.77. The van der Waals surface area contributed by atoms with Gasteiger partial charge in [-0.3, -0.25) is 4.79 Å². The first-order chi connectivity index (χ1) is 15.6. The van der Waals surface area contributed by atoms with Crippen LogP contribution in [0, 0.1) is 12.3 Å². The minimum atomic E-state index is -0.879. The summed E-state index contributed by atoms with van der Waals surface area (Å²) in [6, 6.07) is 20.2. The number of nitrogens with one attached hydrogen (secondary N) is 1. The standard InChI is InChI=1S/C26H25NO5/c1-5-16-32-25(18-10-13-20(29-2)14-11-18)26(28)27-22-9-7-6-8-21(22)19-12-15-23(30-3)24(17-19)31-4/h1,6-15,17,25H,16H2,2-4H3,(H,27,28). The molecule has 0 spiro atoms. The van der Waals surface area contributed by atoms with Crippen LogP contribution in [0.3, 0.4) is 0 Å². The smallest absolute Gasteiger partial charge is 0.258 e. The molecule has 3 aromatic rings. The van der Waals surface area contributed by atoms with Gasteiger partial charge in [0.15, 0.2) is 17.6 Å². The number of rotatable bonds is 9. The lowest BCUT2D eigenvalue weighted by Crippen LogP contribution is -2.24. The summed E-state index contributed by atoms with van der Waals surface area (Å²) in [5.74, 6) is 3.99. The van der Waals surface area contributed by atoms with Crippen LogP contribution in [-0.4, -0.2) is 33.8 Å². The Kier molecular flexibility index (Phi) is 7.74. The van der Waals surface area contributed by atoms with Gasteiger partial charge in [-0.1, -0.05) is 42.3 Å². The molecule has 164 valence electrons. The molecule has 0 saturated heterocycles. The molecule has 1 N–H and O–H groups in total. The molecule has 0 aliphatic carbocycles. The third-order valence-corrected chi connectivity index (χ3v) is 4.87. The number of carbonyl (C=O) groups excluding carboxylic acids is 1. The third-order valence-electron chi connectivity index (χ3n) is 4.87. The summed E-state index contributed by atoms with van der Waals surface area (Å²) < 4.78 is 21.6. The second kappa shape index (κ2) is 10.9. The number of terminal acetylenes is 1. The van der Waals surface area contributed by atoms with Crippen molar-refractivity contribution < 1.29 is 23.7 Å². The molecule has 0 aliphatic rings. The van der Waals surface area contributed by atoms with Crippen LogP contribution in [0.1, 0.15) is 11.7 Å². The highest BCUT2D eigenvalue weighted by Crippen LogP contribution is 2.35. The highest BCUT2D eigenvalue weighted by atomic mass is 16.5. The number of benzene rings is 3. The van der Waals surface area contributed by atoms with Crippen LogP contribution in [0.15, 0.2) is 66.7 Å². The van der Waals surface area contributed by atoms with Gasteiger partial charge in [-0.2, -0.15) is 0 Å². The van der Waals surface area contributed by atoms with Crippen molar-refractivity contribution >= 4 is 11.6 Å². The number of carbonyl (C=O) groups is 1. The van der Waals surface area contributed by atoms with Gasteiger partial charge in [-0.15, -0.1) is 6.42 Å². The third kappa shape index (κ3) is 5.20. The number of para-hydroxylation sites is 1. The monoisotopic (exact) mass is 431 g/mol. The lowest BCUT2D eigenvalue weighted by Gasteiger charge is -2.19. The van der Waals surface area contributed by atoms with Gasteiger partial charge >= 0.3 is 0 Å². The van der Waals surface area contributed by atoms with Crippen molar-refractivity contribution in [3.05, 3.63) is 72.3 Å². The normalized spacial score (nSPS) is 11.2. The summed E-state index contributed by atoms with van der Waals surface area (Å²) in [6.45, 7) is 0.00143. The van der Waals surface area contributed by atoms with Gasteiger partial charge in [-0.05, 0) is 41.5 Å². The van der Waals surface area contributed by atoms with Crippen molar-refractivity contribution in [2.24, 2.45) is 0 Å². The lowest BCUT2D eigenvalue weighted by molar-refractivity contribution is -0.126. The molecule has 0 heterocycles. The van der Waals surface area contributed by atoms with E-state index in [4.69, 9.17) is 25.4 Å². The number of hydrogen-bond acceptors (Lipinski definition) is 5. The average molecular weight is 431 g/mol. The first-order valence-corrected chi connectivity index (χ1v) is 9.92. The molecular formula is C26H25NO5. The summed E-state index contributed by atoms with van der Waals surface area (Å²) in [5.41, 5.74) is 2.99. The fourth-order valence-electron chi connectivity index (χ4n) is 3.28. The van der Waals surface area contributed by atoms with Crippen molar-refractivity contribution in [3.8, 4) is 40.7 Å². The van der Waals surface area contributed by atoms with Crippen molar-refractivity contribution in [1.29, 1.82) is 0 Å². The van der Waals surface area contributed by atoms with Crippen LogP contribution in [0.4, 0.5) is 5.69 Å². The zero-order chi connectivity index (χ0) is 22.9. The highest BCUT2D eigenvalue weighted by Gasteiger charge is 2.23. The molecule has 0 saturated carbocycles. The van der Waals surface area contributed by atoms with E-state index in [1.807, 2.05) is 42.5 Å². The van der Waals surface area contributed by atoms with Gasteiger partial charge in [0.05, 0.1) is 21.3 Å². The fourth-order valence-corrected chi connectivity index (χ4v) is 3.28. The molecule has 1 unspecified atom stereocenters. The van der Waals surface area contributed by atoms with Crippen molar-refractivity contribution in [3.63, 3.8) is 0 Å². The molecule has 0 radical (unpaired) electrons. The van der Waals surface area contributed by atoms with E-state index in [0.717, 1.165) is 11.1 Å². The van der Waals surface area contributed by atoms with Gasteiger partial charge in [0.1, 0.15) is 12.4 Å². The van der Waals surface area contributed by atoms with Gasteiger partial charge < -0.3 is 24.3 Å². The molecule has 0 aliphatic heterocycles. The number of anilines is 1. The van der Waals surface area contributed by atoms with Gasteiger partial charge in [-0.25, -0.2) is 0 Å². The van der Waals surface area contributed by atoms with Crippen molar-refractivity contribution in [2.45, 2.75) is 6.10 Å². The summed E-state index contributed by atoms with van der Waals surface area (Å²) in [5, 5.41) is 2.98. The summed E-state index contributed by atoms with van der Waals surface area (Å²) in [6.07, 6.45) is 4.48. The molecule has 0 aromatic heterocycles. The van der Waals surface area contributed by atoms with E-state index in [2.05, 4.69) is 11.2 Å². The molecule has 1 atom stereocenters. The Labute approximate surface area is 188 Å². The summed E-state index contributed by atoms with van der Waals surface area (Å²) in [7, 11) is 4.75. The molecule has 0 bridgehead atoms. The lowest BCUT2D eigenvalue weighted by atomic mass is 10.0. The maximum atomic E-state index is 13.2. The number of ether oxygens (including phenoxy) is 4. The number of hydrogen-bond donors (Lipinski definition) is 1. The largest absolute Gasteiger partial charge is 0.497 e. The van der Waals surface area contributed by atoms with E-state index >= 15 is 0 Å². The van der Waals surface area contributed by atoms with Crippen LogP contribution in [0.25, 0.3) is 11.1 Å². The SMILES string of the molecule is C#CCOC(C(=O)Nc1ccccc1-c1ccc(OC)c(OC)c1)c1ccc(OC)cc1. The Bertz CT molecular complexity index is 1100. The van der Waals surface area contributed by atoms with Gasteiger partial charge in [0.25, 0.3) is 5.91 Å². The predicted octanol–water partition coefficient (Wildman–Crippen LogP) is 4.71. The van der Waals surface area contributed by atoms with Crippen LogP contribution in [0.5, 0.6) is 17.2 Å². The Morgan fingerprint density at radius 2 is 1.66 bits per heavy atom. The van der Waals surface area contributed by atoms with E-state index in [1.54, 1.807) is 45.6 Å². The van der Waals surface area contributed by atoms with Crippen molar-refractivity contribution in [2.75, 3.05) is 33.3 Å². The van der Waals surface area contributed by atoms with Crippen LogP contribution >= 0.6 is 0 Å². The molecule has 32 heavy (non-hydrogen) atoms. The van der Waals surface area contributed by atoms with Crippen LogP contribution in [-0.2, 0) is 9.53 Å². The zero-order valence-electron chi connectivity index (χ0n) is 18.3. The maximum Gasteiger partial charge on any atom is 0.258 e. The second-order valence-electron chi connectivity index (χ2n) is 6.77. The first-order valence-electron chi connectivity index (χ1n) is 9.92. The number of amides is 1. The Balaban J connectivity index is 1.91. The summed E-state index contributed by atoms with van der Waals surface area (Å²) >= 11 is 0. The molecular weight excluding hydrogens is 406 g/mol. The van der Waals surface area contributed by atoms with Crippen molar-refractivity contribution in [1.82, 2.24) is 0 Å². The molecule has 1 amide bonds. The van der Waals surface area contributed by atoms with Gasteiger partial charge in [0.2, 0.25) is 0 Å². The topological polar surface area (TPSA) is 66.0 Å². The number of methoxy groups -OCH3 is 3. The van der Waals surface area contributed by atoms with E-state index < -0.39 is 6.10 Å². The molecule has 3 rings (SSSR count). The minimum Gasteiger partial charge on any atom is -0.497 e.